The number of aromatic nitrogens is 1. The van der Waals surface area contributed by atoms with Crippen LogP contribution in [0.25, 0.3) is 0 Å². The predicted octanol–water partition coefficient (Wildman–Crippen LogP) is 3.54. The normalized spacial score (nSPS) is 14.9. The second kappa shape index (κ2) is 8.81. The van der Waals surface area contributed by atoms with Crippen LogP contribution in [0.2, 0.25) is 0 Å². The van der Waals surface area contributed by atoms with Crippen molar-refractivity contribution in [2.75, 3.05) is 19.6 Å². The summed E-state index contributed by atoms with van der Waals surface area (Å²) in [5.41, 5.74) is 0.578. The Morgan fingerprint density at radius 2 is 2.00 bits per heavy atom. The fourth-order valence-electron chi connectivity index (χ4n) is 3.37. The SMILES string of the molecule is C=CCN(Cc1cc(Br)ccc1F)C(=O)c1cc(S(=O)(=O)N2CCCC2)cn1C. The number of carbonyl (C=O) groups excluding carboxylic acids is 1. The van der Waals surface area contributed by atoms with Gasteiger partial charge in [0, 0.05) is 49.5 Å². The number of nitrogens with zero attached hydrogens (tertiary/aromatic N) is 3. The lowest BCUT2D eigenvalue weighted by atomic mass is 10.2. The fraction of sp³-hybridized carbons (Fsp3) is 0.350. The molecule has 1 amide bonds. The lowest BCUT2D eigenvalue weighted by Gasteiger charge is -2.22. The van der Waals surface area contributed by atoms with Gasteiger partial charge in [0.1, 0.15) is 16.4 Å². The van der Waals surface area contributed by atoms with Gasteiger partial charge in [-0.3, -0.25) is 4.79 Å². The molecule has 0 unspecified atom stereocenters. The first kappa shape index (κ1) is 21.7. The van der Waals surface area contributed by atoms with E-state index < -0.39 is 21.7 Å². The zero-order valence-electron chi connectivity index (χ0n) is 16.1. The van der Waals surface area contributed by atoms with Crippen LogP contribution in [-0.2, 0) is 23.6 Å². The Hall–Kier alpha value is -1.97. The molecule has 0 atom stereocenters. The minimum Gasteiger partial charge on any atom is -0.345 e. The van der Waals surface area contributed by atoms with Crippen LogP contribution in [0.15, 0.2) is 52.5 Å². The van der Waals surface area contributed by atoms with Crippen molar-refractivity contribution in [1.82, 2.24) is 13.8 Å². The Kier molecular flexibility index (Phi) is 6.60. The highest BCUT2D eigenvalue weighted by molar-refractivity contribution is 9.10. The summed E-state index contributed by atoms with van der Waals surface area (Å²) in [5.74, 6) is -0.811. The molecule has 1 aliphatic rings. The summed E-state index contributed by atoms with van der Waals surface area (Å²) in [4.78, 5) is 14.7. The van der Waals surface area contributed by atoms with E-state index in [0.717, 1.165) is 12.8 Å². The Morgan fingerprint density at radius 1 is 1.31 bits per heavy atom. The lowest BCUT2D eigenvalue weighted by Crippen LogP contribution is -2.32. The standard InChI is InChI=1S/C20H23BrFN3O3S/c1-3-8-24(13-15-11-16(21)6-7-18(15)22)20(26)19-12-17(14-23(19)2)29(27,28)25-9-4-5-10-25/h3,6-7,11-12,14H,1,4-5,8-10,13H2,2H3. The van der Waals surface area contributed by atoms with Crippen molar-refractivity contribution in [3.05, 3.63) is 64.7 Å². The second-order valence-electron chi connectivity index (χ2n) is 6.99. The number of hydrogen-bond donors (Lipinski definition) is 0. The van der Waals surface area contributed by atoms with E-state index in [1.54, 1.807) is 25.3 Å². The first-order valence-corrected chi connectivity index (χ1v) is 11.5. The van der Waals surface area contributed by atoms with Gasteiger partial charge in [-0.25, -0.2) is 12.8 Å². The van der Waals surface area contributed by atoms with Gasteiger partial charge in [-0.1, -0.05) is 22.0 Å². The molecule has 0 bridgehead atoms. The Labute approximate surface area is 178 Å². The second-order valence-corrected chi connectivity index (χ2v) is 9.85. The number of halogens is 2. The van der Waals surface area contributed by atoms with E-state index in [0.29, 0.717) is 23.1 Å². The molecule has 0 saturated carbocycles. The molecule has 0 N–H and O–H groups in total. The number of hydrogen-bond acceptors (Lipinski definition) is 3. The summed E-state index contributed by atoms with van der Waals surface area (Å²) in [5, 5.41) is 0. The quantitative estimate of drug-likeness (QED) is 0.565. The summed E-state index contributed by atoms with van der Waals surface area (Å²) in [6.07, 6.45) is 4.68. The third-order valence-electron chi connectivity index (χ3n) is 4.91. The van der Waals surface area contributed by atoms with E-state index in [2.05, 4.69) is 22.5 Å². The highest BCUT2D eigenvalue weighted by atomic mass is 79.9. The van der Waals surface area contributed by atoms with Crippen LogP contribution < -0.4 is 0 Å². The van der Waals surface area contributed by atoms with Crippen molar-refractivity contribution in [3.63, 3.8) is 0 Å². The maximum atomic E-state index is 14.2. The minimum atomic E-state index is -3.63. The van der Waals surface area contributed by atoms with E-state index in [-0.39, 0.29) is 23.7 Å². The molecule has 9 heteroatoms. The monoisotopic (exact) mass is 483 g/mol. The molecule has 156 valence electrons. The topological polar surface area (TPSA) is 62.6 Å². The number of carbonyl (C=O) groups is 1. The van der Waals surface area contributed by atoms with Gasteiger partial charge in [0.25, 0.3) is 5.91 Å². The van der Waals surface area contributed by atoms with Gasteiger partial charge < -0.3 is 9.47 Å². The van der Waals surface area contributed by atoms with Crippen LogP contribution in [0.1, 0.15) is 28.9 Å². The summed E-state index contributed by atoms with van der Waals surface area (Å²) < 4.78 is 43.4. The number of rotatable bonds is 7. The molecule has 1 saturated heterocycles. The zero-order valence-corrected chi connectivity index (χ0v) is 18.5. The maximum absolute atomic E-state index is 14.2. The molecule has 2 heterocycles. The summed E-state index contributed by atoms with van der Waals surface area (Å²) in [7, 11) is -2.00. The van der Waals surface area contributed by atoms with Crippen molar-refractivity contribution in [2.45, 2.75) is 24.3 Å². The fourth-order valence-corrected chi connectivity index (χ4v) is 5.37. The minimum absolute atomic E-state index is 0.0372. The number of sulfonamides is 1. The molecule has 1 aliphatic heterocycles. The molecule has 6 nitrogen and oxygen atoms in total. The van der Waals surface area contributed by atoms with Gasteiger partial charge in [-0.15, -0.1) is 6.58 Å². The van der Waals surface area contributed by atoms with Crippen molar-refractivity contribution in [3.8, 4) is 0 Å². The van der Waals surface area contributed by atoms with E-state index in [4.69, 9.17) is 0 Å². The van der Waals surface area contributed by atoms with Crippen molar-refractivity contribution < 1.29 is 17.6 Å². The van der Waals surface area contributed by atoms with Crippen molar-refractivity contribution in [1.29, 1.82) is 0 Å². The van der Waals surface area contributed by atoms with Crippen LogP contribution in [0.5, 0.6) is 0 Å². The number of benzene rings is 1. The van der Waals surface area contributed by atoms with E-state index >= 15 is 0 Å². The number of aryl methyl sites for hydroxylation is 1. The molecule has 29 heavy (non-hydrogen) atoms. The molecule has 0 radical (unpaired) electrons. The van der Waals surface area contributed by atoms with Gasteiger partial charge in [-0.05, 0) is 37.1 Å². The zero-order chi connectivity index (χ0) is 21.2. The molecular weight excluding hydrogens is 461 g/mol. The van der Waals surface area contributed by atoms with Gasteiger partial charge >= 0.3 is 0 Å². The molecule has 2 aromatic rings. The third-order valence-corrected chi connectivity index (χ3v) is 7.26. The highest BCUT2D eigenvalue weighted by Crippen LogP contribution is 2.24. The molecule has 1 aromatic carbocycles. The summed E-state index contributed by atoms with van der Waals surface area (Å²) in [6.45, 7) is 4.89. The van der Waals surface area contributed by atoms with Crippen LogP contribution in [0.4, 0.5) is 4.39 Å². The van der Waals surface area contributed by atoms with Gasteiger partial charge in [-0.2, -0.15) is 4.31 Å². The van der Waals surface area contributed by atoms with Crippen molar-refractivity contribution >= 4 is 31.9 Å². The molecular formula is C20H23BrFN3O3S. The van der Waals surface area contributed by atoms with E-state index in [9.17, 15) is 17.6 Å². The lowest BCUT2D eigenvalue weighted by molar-refractivity contribution is 0.0751. The van der Waals surface area contributed by atoms with Gasteiger partial charge in [0.2, 0.25) is 10.0 Å². The van der Waals surface area contributed by atoms with Gasteiger partial charge in [0.15, 0.2) is 0 Å². The summed E-state index contributed by atoms with van der Waals surface area (Å²) >= 11 is 3.31. The molecule has 0 aliphatic carbocycles. The van der Waals surface area contributed by atoms with Crippen LogP contribution in [0.3, 0.4) is 0 Å². The first-order valence-electron chi connectivity index (χ1n) is 9.24. The average Bonchev–Trinajstić information content (AvgIpc) is 3.34. The van der Waals surface area contributed by atoms with Gasteiger partial charge in [0.05, 0.1) is 0 Å². The smallest absolute Gasteiger partial charge is 0.271 e. The molecule has 1 fully saturated rings. The van der Waals surface area contributed by atoms with Crippen molar-refractivity contribution in [2.24, 2.45) is 7.05 Å². The molecule has 0 spiro atoms. The number of amides is 1. The molecule has 1 aromatic heterocycles. The largest absolute Gasteiger partial charge is 0.345 e. The third kappa shape index (κ3) is 4.62. The Balaban J connectivity index is 1.89. The first-order chi connectivity index (χ1) is 13.7. The maximum Gasteiger partial charge on any atom is 0.271 e. The highest BCUT2D eigenvalue weighted by Gasteiger charge is 2.30. The Bertz CT molecular complexity index is 1030. The average molecular weight is 484 g/mol. The summed E-state index contributed by atoms with van der Waals surface area (Å²) in [6, 6.07) is 5.93. The Morgan fingerprint density at radius 3 is 2.66 bits per heavy atom. The van der Waals surface area contributed by atoms with Crippen LogP contribution >= 0.6 is 15.9 Å². The molecule has 3 rings (SSSR count). The van der Waals surface area contributed by atoms with E-state index in [1.807, 2.05) is 0 Å². The van der Waals surface area contributed by atoms with Crippen LogP contribution in [0, 0.1) is 5.82 Å². The van der Waals surface area contributed by atoms with Crippen LogP contribution in [-0.4, -0.2) is 47.7 Å². The van der Waals surface area contributed by atoms with E-state index in [1.165, 1.54) is 32.1 Å². The predicted molar refractivity (Wildman–Crippen MR) is 112 cm³/mol.